The number of methoxy groups -OCH3 is 1. The summed E-state index contributed by atoms with van der Waals surface area (Å²) < 4.78 is 5.15. The highest BCUT2D eigenvalue weighted by Crippen LogP contribution is 2.26. The van der Waals surface area contributed by atoms with Gasteiger partial charge in [-0.1, -0.05) is 0 Å². The number of amides is 2. The SMILES string of the molecule is COc1ccc(Nc2nc(C(=O)N3CCCC3C(=O)NC3CC3)cs2)cc1. The van der Waals surface area contributed by atoms with Crippen molar-refractivity contribution in [1.82, 2.24) is 15.2 Å². The van der Waals surface area contributed by atoms with Gasteiger partial charge in [-0.3, -0.25) is 9.59 Å². The fourth-order valence-corrected chi connectivity index (χ4v) is 3.89. The van der Waals surface area contributed by atoms with Crippen molar-refractivity contribution < 1.29 is 14.3 Å². The minimum atomic E-state index is -0.377. The van der Waals surface area contributed by atoms with Crippen LogP contribution >= 0.6 is 11.3 Å². The number of nitrogens with one attached hydrogen (secondary N) is 2. The highest BCUT2D eigenvalue weighted by molar-refractivity contribution is 7.14. The molecule has 142 valence electrons. The summed E-state index contributed by atoms with van der Waals surface area (Å²) in [7, 11) is 1.62. The Labute approximate surface area is 161 Å². The predicted octanol–water partition coefficient (Wildman–Crippen LogP) is 2.78. The zero-order valence-corrected chi connectivity index (χ0v) is 15.9. The number of nitrogens with zero attached hydrogens (tertiary/aromatic N) is 2. The van der Waals surface area contributed by atoms with Crippen LogP contribution in [-0.4, -0.2) is 47.4 Å². The Morgan fingerprint density at radius 1 is 1.22 bits per heavy atom. The molecule has 7 nitrogen and oxygen atoms in total. The zero-order chi connectivity index (χ0) is 18.8. The van der Waals surface area contributed by atoms with Gasteiger partial charge in [0.05, 0.1) is 7.11 Å². The molecule has 1 aromatic carbocycles. The van der Waals surface area contributed by atoms with E-state index in [9.17, 15) is 9.59 Å². The molecule has 2 heterocycles. The third-order valence-corrected chi connectivity index (χ3v) is 5.56. The average Bonchev–Trinajstić information content (AvgIpc) is 3.18. The van der Waals surface area contributed by atoms with E-state index in [1.165, 1.54) is 11.3 Å². The maximum absolute atomic E-state index is 12.9. The lowest BCUT2D eigenvalue weighted by molar-refractivity contribution is -0.125. The lowest BCUT2D eigenvalue weighted by Gasteiger charge is -2.23. The molecule has 0 spiro atoms. The maximum atomic E-state index is 12.9. The molecule has 27 heavy (non-hydrogen) atoms. The van der Waals surface area contributed by atoms with Crippen molar-refractivity contribution in [2.45, 2.75) is 37.8 Å². The molecule has 1 saturated heterocycles. The molecule has 0 radical (unpaired) electrons. The molecule has 4 rings (SSSR count). The van der Waals surface area contributed by atoms with E-state index in [0.717, 1.165) is 30.7 Å². The van der Waals surface area contributed by atoms with Crippen molar-refractivity contribution in [3.8, 4) is 5.75 Å². The summed E-state index contributed by atoms with van der Waals surface area (Å²) in [5.41, 5.74) is 1.24. The lowest BCUT2D eigenvalue weighted by Crippen LogP contribution is -2.46. The van der Waals surface area contributed by atoms with Gasteiger partial charge in [-0.2, -0.15) is 0 Å². The van der Waals surface area contributed by atoms with Gasteiger partial charge in [0.15, 0.2) is 5.13 Å². The first-order valence-corrected chi connectivity index (χ1v) is 10.00. The minimum Gasteiger partial charge on any atom is -0.497 e. The summed E-state index contributed by atoms with van der Waals surface area (Å²) in [5.74, 6) is 0.567. The summed E-state index contributed by atoms with van der Waals surface area (Å²) in [5, 5.41) is 8.58. The number of hydrogen-bond acceptors (Lipinski definition) is 6. The van der Waals surface area contributed by atoms with Crippen molar-refractivity contribution in [3.63, 3.8) is 0 Å². The summed E-state index contributed by atoms with van der Waals surface area (Å²) in [6.07, 6.45) is 3.64. The van der Waals surface area contributed by atoms with Crippen LogP contribution in [-0.2, 0) is 4.79 Å². The van der Waals surface area contributed by atoms with Crippen LogP contribution in [0.2, 0.25) is 0 Å². The van der Waals surface area contributed by atoms with Crippen LogP contribution in [0, 0.1) is 0 Å². The van der Waals surface area contributed by atoms with Gasteiger partial charge in [0.1, 0.15) is 17.5 Å². The van der Waals surface area contributed by atoms with Gasteiger partial charge in [-0.05, 0) is 49.9 Å². The number of ether oxygens (including phenoxy) is 1. The maximum Gasteiger partial charge on any atom is 0.274 e. The van der Waals surface area contributed by atoms with E-state index in [1.54, 1.807) is 17.4 Å². The van der Waals surface area contributed by atoms with E-state index < -0.39 is 0 Å². The molecule has 2 N–H and O–H groups in total. The second-order valence-corrected chi connectivity index (χ2v) is 7.69. The number of hydrogen-bond donors (Lipinski definition) is 2. The van der Waals surface area contributed by atoms with E-state index >= 15 is 0 Å². The highest BCUT2D eigenvalue weighted by Gasteiger charge is 2.37. The molecule has 2 aromatic rings. The van der Waals surface area contributed by atoms with Gasteiger partial charge < -0.3 is 20.3 Å². The fraction of sp³-hybridized carbons (Fsp3) is 0.421. The van der Waals surface area contributed by atoms with Crippen molar-refractivity contribution in [3.05, 3.63) is 35.3 Å². The minimum absolute atomic E-state index is 0.0323. The van der Waals surface area contributed by atoms with E-state index in [4.69, 9.17) is 4.74 Å². The Morgan fingerprint density at radius 2 is 2.00 bits per heavy atom. The van der Waals surface area contributed by atoms with Crippen molar-refractivity contribution in [2.24, 2.45) is 0 Å². The first-order chi connectivity index (χ1) is 13.1. The van der Waals surface area contributed by atoms with Crippen LogP contribution in [0.5, 0.6) is 5.75 Å². The first kappa shape index (κ1) is 17.8. The second-order valence-electron chi connectivity index (χ2n) is 6.83. The predicted molar refractivity (Wildman–Crippen MR) is 104 cm³/mol. The molecule has 1 aliphatic heterocycles. The molecule has 2 aliphatic rings. The van der Waals surface area contributed by atoms with E-state index in [1.807, 2.05) is 24.3 Å². The molecule has 0 bridgehead atoms. The van der Waals surface area contributed by atoms with Crippen LogP contribution in [0.1, 0.15) is 36.2 Å². The number of carbonyl (C=O) groups excluding carboxylic acids is 2. The third-order valence-electron chi connectivity index (χ3n) is 4.80. The summed E-state index contributed by atoms with van der Waals surface area (Å²) >= 11 is 1.37. The highest BCUT2D eigenvalue weighted by atomic mass is 32.1. The molecule has 1 atom stereocenters. The van der Waals surface area contributed by atoms with Crippen molar-refractivity contribution in [1.29, 1.82) is 0 Å². The van der Waals surface area contributed by atoms with Gasteiger partial charge in [0.2, 0.25) is 5.91 Å². The number of likely N-dealkylation sites (tertiary alicyclic amines) is 1. The summed E-state index contributed by atoms with van der Waals surface area (Å²) in [4.78, 5) is 31.3. The zero-order valence-electron chi connectivity index (χ0n) is 15.1. The Balaban J connectivity index is 1.41. The van der Waals surface area contributed by atoms with Crippen LogP contribution in [0.3, 0.4) is 0 Å². The lowest BCUT2D eigenvalue weighted by atomic mass is 10.2. The van der Waals surface area contributed by atoms with Crippen LogP contribution in [0.15, 0.2) is 29.6 Å². The van der Waals surface area contributed by atoms with Crippen LogP contribution < -0.4 is 15.4 Å². The quantitative estimate of drug-likeness (QED) is 0.798. The number of rotatable bonds is 6. The van der Waals surface area contributed by atoms with Crippen molar-refractivity contribution in [2.75, 3.05) is 19.0 Å². The normalized spacial score (nSPS) is 19.0. The monoisotopic (exact) mass is 386 g/mol. The van der Waals surface area contributed by atoms with E-state index in [0.29, 0.717) is 29.8 Å². The van der Waals surface area contributed by atoms with Gasteiger partial charge in [0.25, 0.3) is 5.91 Å². The van der Waals surface area contributed by atoms with Gasteiger partial charge in [-0.15, -0.1) is 11.3 Å². The molecule has 8 heteroatoms. The molecule has 1 unspecified atom stereocenters. The number of aromatic nitrogens is 1. The Bertz CT molecular complexity index is 832. The Hall–Kier alpha value is -2.61. The molecule has 2 fully saturated rings. The number of carbonyl (C=O) groups is 2. The summed E-state index contributed by atoms with van der Waals surface area (Å²) in [6, 6.07) is 7.42. The van der Waals surface area contributed by atoms with Gasteiger partial charge in [-0.25, -0.2) is 4.98 Å². The van der Waals surface area contributed by atoms with Gasteiger partial charge >= 0.3 is 0 Å². The topological polar surface area (TPSA) is 83.6 Å². The standard InChI is InChI=1S/C19H22N4O3S/c1-26-14-8-6-13(7-9-14)21-19-22-15(11-27-19)18(25)23-10-2-3-16(23)17(24)20-12-4-5-12/h6-9,11-12,16H,2-5,10H2,1H3,(H,20,24)(H,21,22). The largest absolute Gasteiger partial charge is 0.497 e. The van der Waals surface area contributed by atoms with E-state index in [-0.39, 0.29) is 17.9 Å². The number of thiazole rings is 1. The smallest absolute Gasteiger partial charge is 0.274 e. The molecular weight excluding hydrogens is 364 g/mol. The molecule has 1 aliphatic carbocycles. The van der Waals surface area contributed by atoms with Gasteiger partial charge in [0, 0.05) is 23.7 Å². The first-order valence-electron chi connectivity index (χ1n) is 9.12. The van der Waals surface area contributed by atoms with Crippen molar-refractivity contribution >= 4 is 34.0 Å². The fourth-order valence-electron chi connectivity index (χ4n) is 3.18. The Kier molecular flexibility index (Phi) is 4.98. The summed E-state index contributed by atoms with van der Waals surface area (Å²) in [6.45, 7) is 0.598. The van der Waals surface area contributed by atoms with E-state index in [2.05, 4.69) is 15.6 Å². The van der Waals surface area contributed by atoms with Crippen LogP contribution in [0.4, 0.5) is 10.8 Å². The Morgan fingerprint density at radius 3 is 2.70 bits per heavy atom. The number of anilines is 2. The second kappa shape index (κ2) is 7.56. The van der Waals surface area contributed by atoms with Crippen LogP contribution in [0.25, 0.3) is 0 Å². The molecule has 1 aromatic heterocycles. The molecule has 1 saturated carbocycles. The average molecular weight is 386 g/mol. The molecule has 2 amide bonds. The molecular formula is C19H22N4O3S. The number of benzene rings is 1. The third kappa shape index (κ3) is 4.05.